The molecule has 0 aliphatic heterocycles. The third-order valence-electron chi connectivity index (χ3n) is 5.02. The van der Waals surface area contributed by atoms with E-state index in [1.807, 2.05) is 13.0 Å². The van der Waals surface area contributed by atoms with Gasteiger partial charge in [-0.05, 0) is 54.0 Å². The van der Waals surface area contributed by atoms with Crippen LogP contribution in [-0.2, 0) is 22.1 Å². The molecule has 7 heteroatoms. The average molecular weight is 418 g/mol. The summed E-state index contributed by atoms with van der Waals surface area (Å²) in [5.74, 6) is 1.28. The second kappa shape index (κ2) is 9.39. The SMILES string of the molecule is CCNC(=NCc1cc(F)ccc1CS(C)(=O)=O)NCC1CC1c1ccccc1. The maximum absolute atomic E-state index is 13.7. The Morgan fingerprint density at radius 2 is 1.90 bits per heavy atom. The average Bonchev–Trinajstić information content (AvgIpc) is 3.45. The molecule has 2 aromatic rings. The van der Waals surface area contributed by atoms with Crippen molar-refractivity contribution < 1.29 is 12.8 Å². The summed E-state index contributed by atoms with van der Waals surface area (Å²) in [6, 6.07) is 14.7. The fourth-order valence-electron chi connectivity index (χ4n) is 3.48. The monoisotopic (exact) mass is 417 g/mol. The first-order chi connectivity index (χ1) is 13.9. The van der Waals surface area contributed by atoms with E-state index >= 15 is 0 Å². The summed E-state index contributed by atoms with van der Waals surface area (Å²) in [5, 5.41) is 6.56. The van der Waals surface area contributed by atoms with Crippen LogP contribution in [0.15, 0.2) is 53.5 Å². The van der Waals surface area contributed by atoms with Gasteiger partial charge in [-0.25, -0.2) is 17.8 Å². The van der Waals surface area contributed by atoms with Crippen molar-refractivity contribution in [3.63, 3.8) is 0 Å². The summed E-state index contributed by atoms with van der Waals surface area (Å²) in [4.78, 5) is 4.55. The van der Waals surface area contributed by atoms with Gasteiger partial charge in [0.2, 0.25) is 0 Å². The van der Waals surface area contributed by atoms with Crippen molar-refractivity contribution in [2.24, 2.45) is 10.9 Å². The maximum atomic E-state index is 13.7. The van der Waals surface area contributed by atoms with Crippen LogP contribution in [0, 0.1) is 11.7 Å². The maximum Gasteiger partial charge on any atom is 0.191 e. The number of rotatable bonds is 8. The van der Waals surface area contributed by atoms with Crippen molar-refractivity contribution >= 4 is 15.8 Å². The molecule has 0 saturated heterocycles. The highest BCUT2D eigenvalue weighted by molar-refractivity contribution is 7.89. The Hall–Kier alpha value is -2.41. The van der Waals surface area contributed by atoms with Crippen LogP contribution < -0.4 is 10.6 Å². The molecule has 0 aromatic heterocycles. The number of hydrogen-bond acceptors (Lipinski definition) is 3. The molecule has 0 amide bonds. The van der Waals surface area contributed by atoms with Gasteiger partial charge in [-0.15, -0.1) is 0 Å². The van der Waals surface area contributed by atoms with Gasteiger partial charge in [0.1, 0.15) is 5.82 Å². The molecule has 1 fully saturated rings. The van der Waals surface area contributed by atoms with Gasteiger partial charge in [0.15, 0.2) is 15.8 Å². The quantitative estimate of drug-likeness (QED) is 0.511. The Bertz CT molecular complexity index is 961. The Morgan fingerprint density at radius 1 is 1.14 bits per heavy atom. The predicted molar refractivity (Wildman–Crippen MR) is 115 cm³/mol. The number of sulfone groups is 1. The van der Waals surface area contributed by atoms with Crippen LogP contribution in [0.1, 0.15) is 36.0 Å². The van der Waals surface area contributed by atoms with E-state index in [9.17, 15) is 12.8 Å². The lowest BCUT2D eigenvalue weighted by atomic mass is 10.1. The molecule has 29 heavy (non-hydrogen) atoms. The highest BCUT2D eigenvalue weighted by Crippen LogP contribution is 2.46. The van der Waals surface area contributed by atoms with E-state index in [0.717, 1.165) is 13.0 Å². The van der Waals surface area contributed by atoms with Crippen LogP contribution >= 0.6 is 0 Å². The highest BCUT2D eigenvalue weighted by Gasteiger charge is 2.37. The van der Waals surface area contributed by atoms with Crippen LogP contribution in [0.2, 0.25) is 0 Å². The number of guanidine groups is 1. The normalized spacial score (nSPS) is 19.1. The smallest absolute Gasteiger partial charge is 0.191 e. The van der Waals surface area contributed by atoms with Gasteiger partial charge in [0, 0.05) is 19.3 Å². The molecule has 0 bridgehead atoms. The summed E-state index contributed by atoms with van der Waals surface area (Å²) in [6.45, 7) is 3.71. The molecule has 1 saturated carbocycles. The summed E-state index contributed by atoms with van der Waals surface area (Å²) < 4.78 is 37.0. The minimum Gasteiger partial charge on any atom is -0.357 e. The molecule has 156 valence electrons. The Morgan fingerprint density at radius 3 is 2.59 bits per heavy atom. The van der Waals surface area contributed by atoms with Crippen molar-refractivity contribution in [2.75, 3.05) is 19.3 Å². The lowest BCUT2D eigenvalue weighted by Crippen LogP contribution is -2.38. The molecular weight excluding hydrogens is 389 g/mol. The molecule has 3 rings (SSSR count). The predicted octanol–water partition coefficient (Wildman–Crippen LogP) is 3.23. The van der Waals surface area contributed by atoms with E-state index in [-0.39, 0.29) is 12.3 Å². The molecule has 2 aromatic carbocycles. The van der Waals surface area contributed by atoms with E-state index in [1.165, 1.54) is 30.0 Å². The summed E-state index contributed by atoms with van der Waals surface area (Å²) in [5.41, 5.74) is 2.53. The third-order valence-corrected chi connectivity index (χ3v) is 5.86. The largest absolute Gasteiger partial charge is 0.357 e. The van der Waals surface area contributed by atoms with Crippen molar-refractivity contribution in [3.05, 3.63) is 71.0 Å². The topological polar surface area (TPSA) is 70.6 Å². The zero-order valence-electron chi connectivity index (χ0n) is 16.9. The van der Waals surface area contributed by atoms with Crippen LogP contribution in [0.3, 0.4) is 0 Å². The Balaban J connectivity index is 1.63. The van der Waals surface area contributed by atoms with Gasteiger partial charge >= 0.3 is 0 Å². The first-order valence-corrected chi connectivity index (χ1v) is 11.9. The standard InChI is InChI=1S/C22H28FN3O2S/c1-3-24-22(26-14-19-12-21(19)16-7-5-4-6-8-16)25-13-18-11-20(23)10-9-17(18)15-29(2,27)28/h4-11,19,21H,3,12-15H2,1-2H3,(H2,24,25,26). The van der Waals surface area contributed by atoms with E-state index < -0.39 is 15.7 Å². The summed E-state index contributed by atoms with van der Waals surface area (Å²) in [6.07, 6.45) is 2.33. The molecule has 1 aliphatic rings. The highest BCUT2D eigenvalue weighted by atomic mass is 32.2. The van der Waals surface area contributed by atoms with Crippen LogP contribution in [0.4, 0.5) is 4.39 Å². The van der Waals surface area contributed by atoms with Gasteiger partial charge in [-0.2, -0.15) is 0 Å². The number of hydrogen-bond donors (Lipinski definition) is 2. The van der Waals surface area contributed by atoms with Crippen LogP contribution in [0.5, 0.6) is 0 Å². The second-order valence-corrected chi connectivity index (χ2v) is 9.71. The van der Waals surface area contributed by atoms with Crippen LogP contribution in [-0.4, -0.2) is 33.7 Å². The molecule has 2 unspecified atom stereocenters. The Kier molecular flexibility index (Phi) is 6.90. The summed E-state index contributed by atoms with van der Waals surface area (Å²) >= 11 is 0. The van der Waals surface area contributed by atoms with Crippen molar-refractivity contribution in [2.45, 2.75) is 31.6 Å². The third kappa shape index (κ3) is 6.56. The van der Waals surface area contributed by atoms with Gasteiger partial charge in [-0.1, -0.05) is 36.4 Å². The number of nitrogens with one attached hydrogen (secondary N) is 2. The molecule has 5 nitrogen and oxygen atoms in total. The first kappa shape index (κ1) is 21.3. The molecule has 0 spiro atoms. The number of halogens is 1. The van der Waals surface area contributed by atoms with Crippen molar-refractivity contribution in [1.29, 1.82) is 0 Å². The molecule has 1 aliphatic carbocycles. The van der Waals surface area contributed by atoms with E-state index in [0.29, 0.717) is 35.5 Å². The second-order valence-electron chi connectivity index (χ2n) is 7.57. The number of aliphatic imine (C=N–C) groups is 1. The van der Waals surface area contributed by atoms with Crippen molar-refractivity contribution in [1.82, 2.24) is 10.6 Å². The fraction of sp³-hybridized carbons (Fsp3) is 0.409. The zero-order valence-corrected chi connectivity index (χ0v) is 17.7. The molecular formula is C22H28FN3O2S. The number of benzene rings is 2. The van der Waals surface area contributed by atoms with Gasteiger partial charge in [0.05, 0.1) is 12.3 Å². The fourth-order valence-corrected chi connectivity index (χ4v) is 4.33. The van der Waals surface area contributed by atoms with E-state index in [4.69, 9.17) is 0 Å². The minimum atomic E-state index is -3.21. The molecule has 2 atom stereocenters. The lowest BCUT2D eigenvalue weighted by Gasteiger charge is -2.12. The van der Waals surface area contributed by atoms with Crippen molar-refractivity contribution in [3.8, 4) is 0 Å². The summed E-state index contributed by atoms with van der Waals surface area (Å²) in [7, 11) is -3.21. The van der Waals surface area contributed by atoms with Crippen LogP contribution in [0.25, 0.3) is 0 Å². The lowest BCUT2D eigenvalue weighted by molar-refractivity contribution is 0.600. The first-order valence-electron chi connectivity index (χ1n) is 9.88. The number of nitrogens with zero attached hydrogens (tertiary/aromatic N) is 1. The Labute approximate surface area is 172 Å². The van der Waals surface area contributed by atoms with Gasteiger partial charge in [0.25, 0.3) is 0 Å². The van der Waals surface area contributed by atoms with E-state index in [2.05, 4.69) is 39.9 Å². The molecule has 0 radical (unpaired) electrons. The van der Waals surface area contributed by atoms with E-state index in [1.54, 1.807) is 0 Å². The van der Waals surface area contributed by atoms with Gasteiger partial charge < -0.3 is 10.6 Å². The minimum absolute atomic E-state index is 0.122. The molecule has 0 heterocycles. The van der Waals surface area contributed by atoms with Gasteiger partial charge in [-0.3, -0.25) is 0 Å². The molecule has 2 N–H and O–H groups in total. The zero-order chi connectivity index (χ0) is 20.9.